The fourth-order valence-electron chi connectivity index (χ4n) is 3.54. The van der Waals surface area contributed by atoms with Gasteiger partial charge in [0.05, 0.1) is 29.7 Å². The lowest BCUT2D eigenvalue weighted by Gasteiger charge is -2.27. The number of carbonyl (C=O) groups excluding carboxylic acids is 1. The highest BCUT2D eigenvalue weighted by atomic mass is 16.5. The highest BCUT2D eigenvalue weighted by molar-refractivity contribution is 5.94. The molecule has 0 spiro atoms. The van der Waals surface area contributed by atoms with Crippen LogP contribution in [-0.4, -0.2) is 34.5 Å². The maximum atomic E-state index is 13.4. The molecule has 0 radical (unpaired) electrons. The summed E-state index contributed by atoms with van der Waals surface area (Å²) in [4.78, 5) is 32.9. The van der Waals surface area contributed by atoms with Crippen molar-refractivity contribution in [2.24, 2.45) is 0 Å². The minimum atomic E-state index is -0.452. The molecular formula is C25H23N3O3. The maximum absolute atomic E-state index is 13.4. The second-order valence-corrected chi connectivity index (χ2v) is 7.28. The molecule has 6 nitrogen and oxygen atoms in total. The van der Waals surface area contributed by atoms with Gasteiger partial charge in [0.1, 0.15) is 11.6 Å². The number of aromatic nitrogens is 2. The van der Waals surface area contributed by atoms with Gasteiger partial charge in [-0.25, -0.2) is 4.98 Å². The van der Waals surface area contributed by atoms with E-state index in [2.05, 4.69) is 0 Å². The van der Waals surface area contributed by atoms with E-state index in [9.17, 15) is 9.59 Å². The van der Waals surface area contributed by atoms with Crippen molar-refractivity contribution < 1.29 is 9.53 Å². The molecule has 1 amide bonds. The monoisotopic (exact) mass is 413 g/mol. The molecule has 0 aliphatic heterocycles. The lowest BCUT2D eigenvalue weighted by atomic mass is 10.1. The molecule has 4 rings (SSSR count). The number of rotatable bonds is 5. The van der Waals surface area contributed by atoms with Gasteiger partial charge in [-0.1, -0.05) is 30.3 Å². The van der Waals surface area contributed by atoms with E-state index in [-0.39, 0.29) is 11.5 Å². The van der Waals surface area contributed by atoms with Gasteiger partial charge in [-0.2, -0.15) is 0 Å². The number of ether oxygens (including phenoxy) is 1. The van der Waals surface area contributed by atoms with Crippen LogP contribution in [-0.2, 0) is 0 Å². The largest absolute Gasteiger partial charge is 0.497 e. The Kier molecular flexibility index (Phi) is 5.54. The minimum absolute atomic E-state index is 0.163. The van der Waals surface area contributed by atoms with Crippen molar-refractivity contribution in [2.75, 3.05) is 14.2 Å². The number of para-hydroxylation sites is 2. The zero-order chi connectivity index (χ0) is 22.0. The second-order valence-electron chi connectivity index (χ2n) is 7.28. The summed E-state index contributed by atoms with van der Waals surface area (Å²) < 4.78 is 6.76. The van der Waals surface area contributed by atoms with Gasteiger partial charge in [0.25, 0.3) is 11.5 Å². The van der Waals surface area contributed by atoms with E-state index in [1.165, 1.54) is 0 Å². The predicted molar refractivity (Wildman–Crippen MR) is 121 cm³/mol. The molecule has 1 aromatic heterocycles. The van der Waals surface area contributed by atoms with Crippen LogP contribution in [0.3, 0.4) is 0 Å². The molecule has 0 aliphatic rings. The summed E-state index contributed by atoms with van der Waals surface area (Å²) in [5.74, 6) is 1.01. The summed E-state index contributed by atoms with van der Waals surface area (Å²) >= 11 is 0. The highest BCUT2D eigenvalue weighted by Crippen LogP contribution is 2.23. The van der Waals surface area contributed by atoms with E-state index >= 15 is 0 Å². The molecule has 6 heteroatoms. The van der Waals surface area contributed by atoms with Crippen molar-refractivity contribution in [3.05, 3.63) is 101 Å². The summed E-state index contributed by atoms with van der Waals surface area (Å²) in [6.45, 7) is 1.87. The van der Waals surface area contributed by atoms with E-state index in [0.717, 1.165) is 0 Å². The fraction of sp³-hybridized carbons (Fsp3) is 0.160. The zero-order valence-corrected chi connectivity index (χ0v) is 17.6. The van der Waals surface area contributed by atoms with E-state index in [4.69, 9.17) is 9.72 Å². The van der Waals surface area contributed by atoms with Crippen LogP contribution < -0.4 is 10.3 Å². The molecule has 0 saturated carbocycles. The summed E-state index contributed by atoms with van der Waals surface area (Å²) in [7, 11) is 3.30. The van der Waals surface area contributed by atoms with Crippen molar-refractivity contribution in [1.29, 1.82) is 0 Å². The third kappa shape index (κ3) is 3.80. The van der Waals surface area contributed by atoms with E-state index in [1.54, 1.807) is 54.0 Å². The number of benzene rings is 3. The normalized spacial score (nSPS) is 11.8. The first-order valence-corrected chi connectivity index (χ1v) is 9.99. The van der Waals surface area contributed by atoms with Crippen molar-refractivity contribution in [3.63, 3.8) is 0 Å². The molecule has 1 heterocycles. The Bertz CT molecular complexity index is 1280. The number of carbonyl (C=O) groups is 1. The van der Waals surface area contributed by atoms with Crippen LogP contribution in [0.15, 0.2) is 83.7 Å². The average molecular weight is 413 g/mol. The van der Waals surface area contributed by atoms with Crippen LogP contribution in [0.5, 0.6) is 5.75 Å². The van der Waals surface area contributed by atoms with E-state index in [1.807, 2.05) is 55.5 Å². The molecular weight excluding hydrogens is 390 g/mol. The molecule has 3 aromatic carbocycles. The molecule has 1 atom stereocenters. The van der Waals surface area contributed by atoms with E-state index in [0.29, 0.717) is 33.7 Å². The van der Waals surface area contributed by atoms with Gasteiger partial charge in [-0.3, -0.25) is 14.2 Å². The number of fused-ring (bicyclic) bond motifs is 1. The van der Waals surface area contributed by atoms with Crippen LogP contribution in [0.2, 0.25) is 0 Å². The third-order valence-corrected chi connectivity index (χ3v) is 5.43. The van der Waals surface area contributed by atoms with Crippen molar-refractivity contribution in [1.82, 2.24) is 14.5 Å². The van der Waals surface area contributed by atoms with Crippen LogP contribution in [0, 0.1) is 0 Å². The molecule has 0 saturated heterocycles. The number of hydrogen-bond acceptors (Lipinski definition) is 4. The van der Waals surface area contributed by atoms with Crippen LogP contribution in [0.1, 0.15) is 29.1 Å². The average Bonchev–Trinajstić information content (AvgIpc) is 2.83. The Hall–Kier alpha value is -3.93. The van der Waals surface area contributed by atoms with Gasteiger partial charge in [-0.05, 0) is 55.5 Å². The summed E-state index contributed by atoms with van der Waals surface area (Å²) in [5.41, 5.74) is 1.68. The zero-order valence-electron chi connectivity index (χ0n) is 17.6. The number of hydrogen-bond donors (Lipinski definition) is 0. The van der Waals surface area contributed by atoms with Gasteiger partial charge in [-0.15, -0.1) is 0 Å². The number of nitrogens with zero attached hydrogens (tertiary/aromatic N) is 3. The van der Waals surface area contributed by atoms with Crippen molar-refractivity contribution >= 4 is 16.8 Å². The van der Waals surface area contributed by atoms with Gasteiger partial charge >= 0.3 is 0 Å². The van der Waals surface area contributed by atoms with Crippen LogP contribution >= 0.6 is 0 Å². The van der Waals surface area contributed by atoms with E-state index < -0.39 is 6.04 Å². The van der Waals surface area contributed by atoms with Gasteiger partial charge in [0.15, 0.2) is 0 Å². The smallest absolute Gasteiger partial charge is 0.266 e. The first-order valence-electron chi connectivity index (χ1n) is 9.99. The first kappa shape index (κ1) is 20.3. The van der Waals surface area contributed by atoms with Crippen molar-refractivity contribution in [3.8, 4) is 11.4 Å². The standard InChI is InChI=1S/C25H23N3O3/c1-17(27(2)24(29)18-13-15-20(31-3)16-14-18)23-26-22-12-8-7-11-21(22)25(30)28(23)19-9-5-4-6-10-19/h4-17H,1-3H3. The van der Waals surface area contributed by atoms with Gasteiger partial charge < -0.3 is 9.64 Å². The lowest BCUT2D eigenvalue weighted by Crippen LogP contribution is -2.34. The fourth-order valence-corrected chi connectivity index (χ4v) is 3.54. The Morgan fingerprint density at radius 2 is 1.61 bits per heavy atom. The SMILES string of the molecule is COc1ccc(C(=O)N(C)C(C)c2nc3ccccc3c(=O)n2-c2ccccc2)cc1. The number of methoxy groups -OCH3 is 1. The Morgan fingerprint density at radius 3 is 2.29 bits per heavy atom. The molecule has 31 heavy (non-hydrogen) atoms. The van der Waals surface area contributed by atoms with Crippen LogP contribution in [0.4, 0.5) is 0 Å². The molecule has 1 unspecified atom stereocenters. The topological polar surface area (TPSA) is 64.4 Å². The molecule has 156 valence electrons. The quantitative estimate of drug-likeness (QED) is 0.491. The van der Waals surface area contributed by atoms with Crippen LogP contribution in [0.25, 0.3) is 16.6 Å². The minimum Gasteiger partial charge on any atom is -0.497 e. The van der Waals surface area contributed by atoms with Gasteiger partial charge in [0, 0.05) is 12.6 Å². The predicted octanol–water partition coefficient (Wildman–Crippen LogP) is 4.23. The first-order chi connectivity index (χ1) is 15.0. The Labute approximate surface area is 180 Å². The Morgan fingerprint density at radius 1 is 0.968 bits per heavy atom. The molecule has 0 fully saturated rings. The number of amides is 1. The van der Waals surface area contributed by atoms with Crippen molar-refractivity contribution in [2.45, 2.75) is 13.0 Å². The molecule has 4 aromatic rings. The molecule has 0 aliphatic carbocycles. The summed E-state index contributed by atoms with van der Waals surface area (Å²) in [6, 6.07) is 23.1. The second kappa shape index (κ2) is 8.44. The summed E-state index contributed by atoms with van der Waals surface area (Å²) in [6.07, 6.45) is 0. The Balaban J connectivity index is 1.82. The summed E-state index contributed by atoms with van der Waals surface area (Å²) in [5, 5.41) is 0.534. The van der Waals surface area contributed by atoms with Gasteiger partial charge in [0.2, 0.25) is 0 Å². The lowest BCUT2D eigenvalue weighted by molar-refractivity contribution is 0.0735. The molecule has 0 bridgehead atoms. The third-order valence-electron chi connectivity index (χ3n) is 5.43. The highest BCUT2D eigenvalue weighted by Gasteiger charge is 2.25. The molecule has 0 N–H and O–H groups in total. The maximum Gasteiger partial charge on any atom is 0.266 e.